The Bertz CT molecular complexity index is 86.9. The molecule has 0 radical (unpaired) electrons. The van der Waals surface area contributed by atoms with E-state index in [1.165, 1.54) is 0 Å². The van der Waals surface area contributed by atoms with Crippen LogP contribution >= 0.6 is 9.24 Å². The van der Waals surface area contributed by atoms with E-state index < -0.39 is 0 Å². The normalized spacial score (nSPS) is 13.4. The van der Waals surface area contributed by atoms with Gasteiger partial charge in [0.1, 0.15) is 0 Å². The molecule has 0 aromatic rings. The smallest absolute Gasteiger partial charge is 0.0846 e. The summed E-state index contributed by atoms with van der Waals surface area (Å²) in [5.74, 6) is 0. The van der Waals surface area contributed by atoms with Crippen molar-refractivity contribution in [3.8, 4) is 0 Å². The third kappa shape index (κ3) is 2.43. The van der Waals surface area contributed by atoms with Crippen LogP contribution in [0.3, 0.4) is 0 Å². The lowest BCUT2D eigenvalue weighted by Crippen LogP contribution is -2.08. The van der Waals surface area contributed by atoms with Gasteiger partial charge in [-0.3, -0.25) is 0 Å². The highest BCUT2D eigenvalue weighted by Crippen LogP contribution is 1.96. The number of aliphatic hydroxyl groups excluding tert-OH is 1. The van der Waals surface area contributed by atoms with Crippen molar-refractivity contribution in [1.29, 1.82) is 0 Å². The molecule has 0 aliphatic carbocycles. The Balaban J connectivity index is 3.72. The minimum Gasteiger partial charge on any atom is -0.398 e. The van der Waals surface area contributed by atoms with Gasteiger partial charge in [0.25, 0.3) is 0 Å². The van der Waals surface area contributed by atoms with E-state index in [1.54, 1.807) is 0 Å². The lowest BCUT2D eigenvalue weighted by atomic mass is 10.5. The maximum absolute atomic E-state index is 8.23. The summed E-state index contributed by atoms with van der Waals surface area (Å²) in [4.78, 5) is 0. The Kier molecular flexibility index (Phi) is 2.72. The van der Waals surface area contributed by atoms with Crippen LogP contribution in [0.5, 0.6) is 0 Å². The van der Waals surface area contributed by atoms with Crippen molar-refractivity contribution in [3.63, 3.8) is 0 Å². The second-order valence-electron chi connectivity index (χ2n) is 1.14. The topological polar surface area (TPSA) is 72.3 Å². The van der Waals surface area contributed by atoms with Gasteiger partial charge in [0.2, 0.25) is 0 Å². The molecular formula is C3H9N2OP. The first-order chi connectivity index (χ1) is 3.18. The molecule has 0 aliphatic heterocycles. The van der Waals surface area contributed by atoms with Crippen molar-refractivity contribution >= 4 is 9.24 Å². The minimum absolute atomic E-state index is 0.171. The van der Waals surface area contributed by atoms with Crippen LogP contribution < -0.4 is 11.5 Å². The zero-order valence-corrected chi connectivity index (χ0v) is 5.04. The fraction of sp³-hybridized carbons (Fsp3) is 0.333. The fourth-order valence-corrected chi connectivity index (χ4v) is 0.183. The minimum atomic E-state index is -0.171. The monoisotopic (exact) mass is 120 g/mol. The highest BCUT2D eigenvalue weighted by Gasteiger charge is 1.85. The maximum Gasteiger partial charge on any atom is 0.0846 e. The Hall–Kier alpha value is -0.270. The highest BCUT2D eigenvalue weighted by molar-refractivity contribution is 7.22. The maximum atomic E-state index is 8.23. The molecule has 4 heteroatoms. The first-order valence-electron chi connectivity index (χ1n) is 1.79. The summed E-state index contributed by atoms with van der Waals surface area (Å²) in [6, 6.07) is 0. The summed E-state index contributed by atoms with van der Waals surface area (Å²) in [5, 5.41) is 8.23. The molecule has 0 aromatic carbocycles. The second kappa shape index (κ2) is 2.83. The Morgan fingerprint density at radius 3 is 2.00 bits per heavy atom. The van der Waals surface area contributed by atoms with E-state index in [4.69, 9.17) is 16.6 Å². The molecule has 0 spiro atoms. The van der Waals surface area contributed by atoms with E-state index >= 15 is 0 Å². The highest BCUT2D eigenvalue weighted by atomic mass is 31.0. The standard InChI is InChI=1S/C3H9N2OP/c4-2(1-6)3(5)7/h6H,1,4-5,7H2/b3-2-. The summed E-state index contributed by atoms with van der Waals surface area (Å²) < 4.78 is 0. The molecule has 0 bridgehead atoms. The molecule has 0 amide bonds. The zero-order chi connectivity index (χ0) is 5.86. The van der Waals surface area contributed by atoms with Crippen molar-refractivity contribution in [2.24, 2.45) is 11.5 Å². The third-order valence-corrected chi connectivity index (χ3v) is 0.912. The van der Waals surface area contributed by atoms with Crippen LogP contribution in [0.4, 0.5) is 0 Å². The summed E-state index contributed by atoms with van der Waals surface area (Å²) in [6.45, 7) is -0.171. The van der Waals surface area contributed by atoms with Gasteiger partial charge in [-0.15, -0.1) is 0 Å². The second-order valence-corrected chi connectivity index (χ2v) is 1.76. The molecule has 1 atom stereocenters. The average Bonchev–Trinajstić information content (AvgIpc) is 1.65. The van der Waals surface area contributed by atoms with Gasteiger partial charge in [-0.1, -0.05) is 9.24 Å². The largest absolute Gasteiger partial charge is 0.398 e. The first-order valence-corrected chi connectivity index (χ1v) is 2.36. The molecule has 1 unspecified atom stereocenters. The van der Waals surface area contributed by atoms with Gasteiger partial charge >= 0.3 is 0 Å². The van der Waals surface area contributed by atoms with Gasteiger partial charge < -0.3 is 16.6 Å². The Morgan fingerprint density at radius 2 is 2.00 bits per heavy atom. The van der Waals surface area contributed by atoms with E-state index in [0.717, 1.165) is 0 Å². The number of aliphatic hydroxyl groups is 1. The quantitative estimate of drug-likeness (QED) is 0.386. The Labute approximate surface area is 44.6 Å². The zero-order valence-electron chi connectivity index (χ0n) is 3.89. The van der Waals surface area contributed by atoms with E-state index in [-0.39, 0.29) is 6.61 Å². The van der Waals surface area contributed by atoms with Gasteiger partial charge in [-0.2, -0.15) is 0 Å². The van der Waals surface area contributed by atoms with E-state index in [1.807, 2.05) is 0 Å². The average molecular weight is 120 g/mol. The van der Waals surface area contributed by atoms with Crippen molar-refractivity contribution in [2.45, 2.75) is 0 Å². The number of rotatable bonds is 1. The molecule has 3 nitrogen and oxygen atoms in total. The van der Waals surface area contributed by atoms with Crippen LogP contribution in [0, 0.1) is 0 Å². The van der Waals surface area contributed by atoms with Crippen LogP contribution in [0.25, 0.3) is 0 Å². The fourth-order valence-electron chi connectivity index (χ4n) is 0.0913. The molecule has 7 heavy (non-hydrogen) atoms. The third-order valence-electron chi connectivity index (χ3n) is 0.541. The van der Waals surface area contributed by atoms with Crippen LogP contribution in [0.15, 0.2) is 11.1 Å². The molecule has 0 heterocycles. The van der Waals surface area contributed by atoms with Crippen molar-refractivity contribution in [2.75, 3.05) is 6.61 Å². The summed E-state index contributed by atoms with van der Waals surface area (Å²) in [6.07, 6.45) is 0. The molecule has 42 valence electrons. The number of hydrogen-bond donors (Lipinski definition) is 3. The Morgan fingerprint density at radius 1 is 1.57 bits per heavy atom. The van der Waals surface area contributed by atoms with Crippen molar-refractivity contribution < 1.29 is 5.11 Å². The van der Waals surface area contributed by atoms with Gasteiger partial charge in [0.05, 0.1) is 12.3 Å². The molecule has 0 aromatic heterocycles. The van der Waals surface area contributed by atoms with E-state index in [0.29, 0.717) is 11.1 Å². The van der Waals surface area contributed by atoms with Crippen molar-refractivity contribution in [3.05, 3.63) is 11.1 Å². The van der Waals surface area contributed by atoms with Crippen LogP contribution in [0.1, 0.15) is 0 Å². The SMILES string of the molecule is N/C(P)=C(/N)CO. The van der Waals surface area contributed by atoms with Gasteiger partial charge in [0.15, 0.2) is 0 Å². The van der Waals surface area contributed by atoms with Crippen LogP contribution in [-0.2, 0) is 0 Å². The predicted molar refractivity (Wildman–Crippen MR) is 32.2 cm³/mol. The first kappa shape index (κ1) is 6.73. The number of hydrogen-bond acceptors (Lipinski definition) is 3. The van der Waals surface area contributed by atoms with E-state index in [9.17, 15) is 0 Å². The molecule has 0 rings (SSSR count). The molecular weight excluding hydrogens is 111 g/mol. The van der Waals surface area contributed by atoms with Gasteiger partial charge in [-0.25, -0.2) is 0 Å². The lowest BCUT2D eigenvalue weighted by molar-refractivity contribution is 0.329. The van der Waals surface area contributed by atoms with Gasteiger partial charge in [0, 0.05) is 5.44 Å². The van der Waals surface area contributed by atoms with Crippen molar-refractivity contribution in [1.82, 2.24) is 0 Å². The van der Waals surface area contributed by atoms with Crippen LogP contribution in [0.2, 0.25) is 0 Å². The molecule has 0 fully saturated rings. The molecule has 0 saturated carbocycles. The lowest BCUT2D eigenvalue weighted by Gasteiger charge is -1.94. The molecule has 0 aliphatic rings. The number of nitrogens with two attached hydrogens (primary N) is 2. The summed E-state index contributed by atoms with van der Waals surface area (Å²) >= 11 is 0. The summed E-state index contributed by atoms with van der Waals surface area (Å²) in [5.41, 5.74) is 10.9. The molecule has 5 N–H and O–H groups in total. The van der Waals surface area contributed by atoms with E-state index in [2.05, 4.69) is 9.24 Å². The van der Waals surface area contributed by atoms with Crippen LogP contribution in [-0.4, -0.2) is 11.7 Å². The predicted octanol–water partition coefficient (Wildman–Crippen LogP) is -1.06. The molecule has 0 saturated heterocycles. The van der Waals surface area contributed by atoms with Gasteiger partial charge in [-0.05, 0) is 0 Å². The summed E-state index contributed by atoms with van der Waals surface area (Å²) in [7, 11) is 2.19.